The number of urea groups is 1. The lowest BCUT2D eigenvalue weighted by Gasteiger charge is -2.20. The number of carbonyl (C=O) groups excluding carboxylic acids is 3. The number of amides is 4. The van der Waals surface area contributed by atoms with Crippen LogP contribution >= 0.6 is 12.2 Å². The van der Waals surface area contributed by atoms with Crippen molar-refractivity contribution in [2.45, 2.75) is 32.2 Å². The Labute approximate surface area is 123 Å². The van der Waals surface area contributed by atoms with E-state index in [1.54, 1.807) is 7.05 Å². The Hall–Kier alpha value is -1.70. The van der Waals surface area contributed by atoms with Gasteiger partial charge in [0.05, 0.1) is 4.99 Å². The van der Waals surface area contributed by atoms with Gasteiger partial charge in [0, 0.05) is 20.0 Å². The van der Waals surface area contributed by atoms with Gasteiger partial charge in [-0.15, -0.1) is 0 Å². The zero-order chi connectivity index (χ0) is 15.3. The fourth-order valence-corrected chi connectivity index (χ4v) is 1.96. The minimum Gasteiger partial charge on any atom is -0.393 e. The maximum atomic E-state index is 12.0. The molecule has 0 saturated carbocycles. The summed E-state index contributed by atoms with van der Waals surface area (Å²) in [6.07, 6.45) is 1.77. The van der Waals surface area contributed by atoms with Crippen LogP contribution in [0, 0.1) is 0 Å². The van der Waals surface area contributed by atoms with Crippen molar-refractivity contribution in [2.75, 3.05) is 20.1 Å². The molecule has 0 aromatic heterocycles. The highest BCUT2D eigenvalue weighted by molar-refractivity contribution is 7.80. The van der Waals surface area contributed by atoms with Crippen molar-refractivity contribution in [3.63, 3.8) is 0 Å². The summed E-state index contributed by atoms with van der Waals surface area (Å²) in [7, 11) is 1.59. The molecule has 3 N–H and O–H groups in total. The summed E-state index contributed by atoms with van der Waals surface area (Å²) in [5, 5.41) is 2.58. The van der Waals surface area contributed by atoms with Crippen LogP contribution < -0.4 is 11.1 Å². The average Bonchev–Trinajstić information content (AvgIpc) is 2.64. The standard InChI is InChI=1S/C12H20N4O3S/c1-3-4-8-11(18)16(12(19)14-8)7-10(17)15(2)6-5-9(13)20/h8H,3-7H2,1-2H3,(H2,13,20)(H,14,19). The highest BCUT2D eigenvalue weighted by Gasteiger charge is 2.38. The third-order valence-electron chi connectivity index (χ3n) is 3.10. The number of rotatable bonds is 7. The second-order valence-corrected chi connectivity index (χ2v) is 5.27. The molecule has 1 saturated heterocycles. The number of nitrogens with one attached hydrogen (secondary N) is 1. The monoisotopic (exact) mass is 300 g/mol. The van der Waals surface area contributed by atoms with E-state index in [1.165, 1.54) is 4.90 Å². The van der Waals surface area contributed by atoms with Crippen LogP contribution in [0.15, 0.2) is 0 Å². The smallest absolute Gasteiger partial charge is 0.325 e. The van der Waals surface area contributed by atoms with Crippen LogP contribution in [0.2, 0.25) is 0 Å². The SMILES string of the molecule is CCCC1NC(=O)N(CC(=O)N(C)CCC(N)=S)C1=O. The first-order valence-electron chi connectivity index (χ1n) is 6.51. The number of nitrogens with zero attached hydrogens (tertiary/aromatic N) is 2. The highest BCUT2D eigenvalue weighted by atomic mass is 32.1. The number of thiocarbonyl (C=S) groups is 1. The molecule has 8 heteroatoms. The molecule has 1 heterocycles. The molecular formula is C12H20N4O3S. The molecule has 4 amide bonds. The quantitative estimate of drug-likeness (QED) is 0.503. The van der Waals surface area contributed by atoms with E-state index >= 15 is 0 Å². The maximum Gasteiger partial charge on any atom is 0.325 e. The van der Waals surface area contributed by atoms with E-state index in [4.69, 9.17) is 18.0 Å². The normalized spacial score (nSPS) is 18.1. The number of nitrogens with two attached hydrogens (primary N) is 1. The Kier molecular flexibility index (Phi) is 5.87. The molecule has 0 aromatic carbocycles. The summed E-state index contributed by atoms with van der Waals surface area (Å²) in [5.74, 6) is -0.658. The van der Waals surface area contributed by atoms with Gasteiger partial charge in [-0.1, -0.05) is 25.6 Å². The number of likely N-dealkylation sites (N-methyl/N-ethyl adjacent to an activating group) is 1. The Morgan fingerprint density at radius 3 is 2.70 bits per heavy atom. The van der Waals surface area contributed by atoms with Crippen molar-refractivity contribution >= 4 is 35.1 Å². The van der Waals surface area contributed by atoms with E-state index in [0.29, 0.717) is 24.4 Å². The first-order valence-corrected chi connectivity index (χ1v) is 6.91. The van der Waals surface area contributed by atoms with E-state index < -0.39 is 12.1 Å². The second kappa shape index (κ2) is 7.18. The Morgan fingerprint density at radius 2 is 2.15 bits per heavy atom. The van der Waals surface area contributed by atoms with E-state index in [-0.39, 0.29) is 18.4 Å². The maximum absolute atomic E-state index is 12.0. The second-order valence-electron chi connectivity index (χ2n) is 4.75. The summed E-state index contributed by atoms with van der Waals surface area (Å²) in [6, 6.07) is -1.02. The molecule has 1 aliphatic heterocycles. The Bertz CT molecular complexity index is 427. The zero-order valence-corrected chi connectivity index (χ0v) is 12.5. The van der Waals surface area contributed by atoms with Crippen LogP contribution in [0.4, 0.5) is 4.79 Å². The summed E-state index contributed by atoms with van der Waals surface area (Å²) in [4.78, 5) is 38.3. The highest BCUT2D eigenvalue weighted by Crippen LogP contribution is 2.11. The van der Waals surface area contributed by atoms with Crippen molar-refractivity contribution < 1.29 is 14.4 Å². The van der Waals surface area contributed by atoms with Crippen molar-refractivity contribution in [1.82, 2.24) is 15.1 Å². The van der Waals surface area contributed by atoms with Gasteiger partial charge >= 0.3 is 6.03 Å². The number of carbonyl (C=O) groups is 3. The minimum atomic E-state index is -0.512. The third kappa shape index (κ3) is 4.16. The van der Waals surface area contributed by atoms with Crippen molar-refractivity contribution in [2.24, 2.45) is 5.73 Å². The number of hydrogen-bond donors (Lipinski definition) is 2. The van der Waals surface area contributed by atoms with Gasteiger partial charge in [0.2, 0.25) is 5.91 Å². The molecule has 0 aliphatic carbocycles. The van der Waals surface area contributed by atoms with Gasteiger partial charge in [0.25, 0.3) is 5.91 Å². The summed E-state index contributed by atoms with van der Waals surface area (Å²) < 4.78 is 0. The van der Waals surface area contributed by atoms with E-state index in [9.17, 15) is 14.4 Å². The molecule has 0 aromatic rings. The summed E-state index contributed by atoms with van der Waals surface area (Å²) in [6.45, 7) is 2.05. The van der Waals surface area contributed by atoms with Crippen LogP contribution in [0.1, 0.15) is 26.2 Å². The van der Waals surface area contributed by atoms with E-state index in [2.05, 4.69) is 5.32 Å². The number of hydrogen-bond acceptors (Lipinski definition) is 4. The fourth-order valence-electron chi connectivity index (χ4n) is 1.87. The average molecular weight is 300 g/mol. The van der Waals surface area contributed by atoms with Gasteiger partial charge < -0.3 is 16.0 Å². The molecule has 0 radical (unpaired) electrons. The largest absolute Gasteiger partial charge is 0.393 e. The molecule has 0 bridgehead atoms. The van der Waals surface area contributed by atoms with Crippen LogP contribution in [0.3, 0.4) is 0 Å². The third-order valence-corrected chi connectivity index (χ3v) is 3.30. The number of imide groups is 1. The molecule has 1 fully saturated rings. The first-order chi connectivity index (χ1) is 9.36. The van der Waals surface area contributed by atoms with Crippen LogP contribution in [0.25, 0.3) is 0 Å². The molecule has 1 rings (SSSR count). The van der Waals surface area contributed by atoms with Crippen LogP contribution in [-0.2, 0) is 9.59 Å². The Balaban J connectivity index is 2.55. The van der Waals surface area contributed by atoms with Gasteiger partial charge in [0.15, 0.2) is 0 Å². The fraction of sp³-hybridized carbons (Fsp3) is 0.667. The Morgan fingerprint density at radius 1 is 1.50 bits per heavy atom. The van der Waals surface area contributed by atoms with Gasteiger partial charge in [-0.2, -0.15) is 0 Å². The van der Waals surface area contributed by atoms with E-state index in [1.807, 2.05) is 6.92 Å². The van der Waals surface area contributed by atoms with Crippen LogP contribution in [-0.4, -0.2) is 58.8 Å². The lowest BCUT2D eigenvalue weighted by atomic mass is 10.2. The molecular weight excluding hydrogens is 280 g/mol. The van der Waals surface area contributed by atoms with Crippen molar-refractivity contribution in [3.8, 4) is 0 Å². The molecule has 112 valence electrons. The van der Waals surface area contributed by atoms with Gasteiger partial charge in [-0.3, -0.25) is 14.5 Å². The summed E-state index contributed by atoms with van der Waals surface area (Å²) >= 11 is 4.74. The molecule has 1 aliphatic rings. The van der Waals surface area contributed by atoms with Gasteiger partial charge in [0.1, 0.15) is 12.6 Å². The molecule has 1 unspecified atom stereocenters. The van der Waals surface area contributed by atoms with Gasteiger partial charge in [-0.25, -0.2) is 4.79 Å². The molecule has 0 spiro atoms. The zero-order valence-electron chi connectivity index (χ0n) is 11.7. The molecule has 7 nitrogen and oxygen atoms in total. The topological polar surface area (TPSA) is 95.7 Å². The minimum absolute atomic E-state index is 0.251. The first kappa shape index (κ1) is 16.4. The lowest BCUT2D eigenvalue weighted by molar-refractivity contribution is -0.136. The summed E-state index contributed by atoms with van der Waals surface area (Å²) in [5.41, 5.74) is 5.36. The predicted octanol–water partition coefficient (Wildman–Crippen LogP) is -0.158. The van der Waals surface area contributed by atoms with E-state index in [0.717, 1.165) is 11.3 Å². The molecule has 20 heavy (non-hydrogen) atoms. The lowest BCUT2D eigenvalue weighted by Crippen LogP contribution is -2.42. The van der Waals surface area contributed by atoms with Crippen molar-refractivity contribution in [3.05, 3.63) is 0 Å². The van der Waals surface area contributed by atoms with Gasteiger partial charge in [-0.05, 0) is 6.42 Å². The molecule has 1 atom stereocenters. The predicted molar refractivity (Wildman–Crippen MR) is 78.0 cm³/mol. The van der Waals surface area contributed by atoms with Crippen molar-refractivity contribution in [1.29, 1.82) is 0 Å². The van der Waals surface area contributed by atoms with Crippen LogP contribution in [0.5, 0.6) is 0 Å².